The molecule has 1 aromatic heterocycles. The van der Waals surface area contributed by atoms with Crippen molar-refractivity contribution in [2.75, 3.05) is 0 Å². The second kappa shape index (κ2) is 9.77. The summed E-state index contributed by atoms with van der Waals surface area (Å²) in [5, 5.41) is 0. The molecule has 2 aromatic rings. The third kappa shape index (κ3) is 5.55. The summed E-state index contributed by atoms with van der Waals surface area (Å²) in [6, 6.07) is 7.82. The molecule has 0 aliphatic rings. The van der Waals surface area contributed by atoms with Crippen LogP contribution in [0, 0.1) is 0 Å². The summed E-state index contributed by atoms with van der Waals surface area (Å²) in [6.45, 7) is 2.25. The minimum atomic E-state index is 0.770. The van der Waals surface area contributed by atoms with Crippen LogP contribution in [0.4, 0.5) is 0 Å². The second-order valence-electron chi connectivity index (χ2n) is 5.53. The lowest BCUT2D eigenvalue weighted by Crippen LogP contribution is -1.93. The van der Waals surface area contributed by atoms with Crippen molar-refractivity contribution < 1.29 is 3.07 Å². The number of halogens is 1. The fraction of sp³-hybridized carbons (Fsp3) is 0.444. The zero-order valence-electron chi connectivity index (χ0n) is 13.1. The van der Waals surface area contributed by atoms with Crippen LogP contribution in [0.3, 0.4) is 0 Å². The predicted octanol–water partition coefficient (Wildman–Crippen LogP) is 5.78. The maximum atomic E-state index is 5.13. The normalized spacial score (nSPS) is 10.6. The van der Waals surface area contributed by atoms with Crippen LogP contribution in [0.2, 0.25) is 0 Å². The smallest absolute Gasteiger partial charge is 0.192 e. The van der Waals surface area contributed by atoms with Crippen molar-refractivity contribution in [3.8, 4) is 17.1 Å². The summed E-state index contributed by atoms with van der Waals surface area (Å²) in [4.78, 5) is 8.96. The molecule has 0 spiro atoms. The number of benzene rings is 1. The monoisotopic (exact) mass is 410 g/mol. The molecule has 0 unspecified atom stereocenters. The van der Waals surface area contributed by atoms with Gasteiger partial charge < -0.3 is 3.07 Å². The highest BCUT2D eigenvalue weighted by molar-refractivity contribution is 14.1. The van der Waals surface area contributed by atoms with E-state index in [1.54, 1.807) is 0 Å². The van der Waals surface area contributed by atoms with Gasteiger partial charge in [0.1, 0.15) is 5.75 Å². The second-order valence-corrected chi connectivity index (χ2v) is 5.97. The van der Waals surface area contributed by atoms with Gasteiger partial charge in [-0.2, -0.15) is 0 Å². The van der Waals surface area contributed by atoms with E-state index in [2.05, 4.69) is 16.9 Å². The van der Waals surface area contributed by atoms with Gasteiger partial charge in [-0.15, -0.1) is 0 Å². The largest absolute Gasteiger partial charge is 0.428 e. The van der Waals surface area contributed by atoms with E-state index in [0.29, 0.717) is 0 Å². The number of hydrogen-bond acceptors (Lipinski definition) is 3. The first-order chi connectivity index (χ1) is 10.8. The molecule has 0 aliphatic heterocycles. The first-order valence-corrected chi connectivity index (χ1v) is 8.91. The molecule has 0 atom stereocenters. The highest BCUT2D eigenvalue weighted by Crippen LogP contribution is 2.20. The molecule has 0 fully saturated rings. The molecule has 2 rings (SSSR count). The van der Waals surface area contributed by atoms with Crippen molar-refractivity contribution in [2.24, 2.45) is 0 Å². The van der Waals surface area contributed by atoms with Crippen LogP contribution in [0.15, 0.2) is 36.7 Å². The molecule has 1 aromatic carbocycles. The quantitative estimate of drug-likeness (QED) is 0.389. The zero-order chi connectivity index (χ0) is 15.6. The van der Waals surface area contributed by atoms with Crippen molar-refractivity contribution in [3.05, 3.63) is 42.2 Å². The number of hydrogen-bond donors (Lipinski definition) is 0. The van der Waals surface area contributed by atoms with Crippen molar-refractivity contribution in [3.63, 3.8) is 0 Å². The molecule has 3 nitrogen and oxygen atoms in total. The first kappa shape index (κ1) is 17.2. The van der Waals surface area contributed by atoms with Crippen molar-refractivity contribution in [1.82, 2.24) is 9.97 Å². The van der Waals surface area contributed by atoms with Crippen LogP contribution in [0.5, 0.6) is 5.75 Å². The first-order valence-electron chi connectivity index (χ1n) is 8.03. The molecule has 0 aliphatic carbocycles. The fourth-order valence-corrected chi connectivity index (χ4v) is 2.69. The molecule has 0 N–H and O–H groups in total. The Morgan fingerprint density at radius 2 is 1.55 bits per heavy atom. The van der Waals surface area contributed by atoms with Crippen molar-refractivity contribution in [1.29, 1.82) is 0 Å². The van der Waals surface area contributed by atoms with E-state index in [9.17, 15) is 0 Å². The molecule has 4 heteroatoms. The Labute approximate surface area is 147 Å². The Morgan fingerprint density at radius 3 is 2.18 bits per heavy atom. The molecule has 22 heavy (non-hydrogen) atoms. The highest BCUT2D eigenvalue weighted by Gasteiger charge is 2.02. The maximum absolute atomic E-state index is 5.13. The number of unbranched alkanes of at least 4 members (excludes halogenated alkanes) is 5. The van der Waals surface area contributed by atoms with E-state index in [1.165, 1.54) is 44.1 Å². The SMILES string of the molecule is CCCCCCCCc1cnc(-c2ccc(OI)cc2)nc1. The predicted molar refractivity (Wildman–Crippen MR) is 99.2 cm³/mol. The summed E-state index contributed by atoms with van der Waals surface area (Å²) in [6.07, 6.45) is 12.9. The van der Waals surface area contributed by atoms with Crippen LogP contribution >= 0.6 is 23.0 Å². The van der Waals surface area contributed by atoms with E-state index >= 15 is 0 Å². The average Bonchev–Trinajstić information content (AvgIpc) is 2.59. The van der Waals surface area contributed by atoms with Gasteiger partial charge in [0, 0.05) is 18.0 Å². The molecular weight excluding hydrogens is 387 g/mol. The third-order valence-electron chi connectivity index (χ3n) is 3.73. The van der Waals surface area contributed by atoms with Gasteiger partial charge in [-0.05, 0) is 42.7 Å². The van der Waals surface area contributed by atoms with E-state index in [1.807, 2.05) is 59.7 Å². The maximum Gasteiger partial charge on any atom is 0.192 e. The van der Waals surface area contributed by atoms with Crippen molar-refractivity contribution in [2.45, 2.75) is 51.9 Å². The van der Waals surface area contributed by atoms with Crippen LogP contribution in [-0.2, 0) is 6.42 Å². The van der Waals surface area contributed by atoms with Gasteiger partial charge in [0.05, 0.1) is 0 Å². The summed E-state index contributed by atoms with van der Waals surface area (Å²) in [7, 11) is 0. The molecule has 118 valence electrons. The molecule has 0 saturated carbocycles. The Balaban J connectivity index is 1.82. The third-order valence-corrected chi connectivity index (χ3v) is 4.23. The van der Waals surface area contributed by atoms with Gasteiger partial charge in [-0.25, -0.2) is 9.97 Å². The molecule has 0 amide bonds. The van der Waals surface area contributed by atoms with Crippen LogP contribution in [0.1, 0.15) is 51.0 Å². The van der Waals surface area contributed by atoms with E-state index in [0.717, 1.165) is 23.6 Å². The van der Waals surface area contributed by atoms with Gasteiger partial charge in [0.15, 0.2) is 28.8 Å². The van der Waals surface area contributed by atoms with Crippen LogP contribution in [-0.4, -0.2) is 9.97 Å². The summed E-state index contributed by atoms with van der Waals surface area (Å²) < 4.78 is 5.13. The molecule has 0 radical (unpaired) electrons. The van der Waals surface area contributed by atoms with Gasteiger partial charge >= 0.3 is 0 Å². The van der Waals surface area contributed by atoms with Crippen molar-refractivity contribution >= 4 is 23.0 Å². The molecule has 0 saturated heterocycles. The van der Waals surface area contributed by atoms with E-state index in [-0.39, 0.29) is 0 Å². The van der Waals surface area contributed by atoms with E-state index in [4.69, 9.17) is 3.07 Å². The highest BCUT2D eigenvalue weighted by atomic mass is 127. The van der Waals surface area contributed by atoms with E-state index < -0.39 is 0 Å². The molecule has 1 heterocycles. The van der Waals surface area contributed by atoms with Crippen LogP contribution < -0.4 is 3.07 Å². The Hall–Kier alpha value is -1.17. The van der Waals surface area contributed by atoms with Gasteiger partial charge in [0.25, 0.3) is 0 Å². The van der Waals surface area contributed by atoms with Gasteiger partial charge in [-0.1, -0.05) is 39.0 Å². The molecular formula is C18H23IN2O. The van der Waals surface area contributed by atoms with Crippen LogP contribution in [0.25, 0.3) is 11.4 Å². The Bertz CT molecular complexity index is 540. The zero-order valence-corrected chi connectivity index (χ0v) is 15.3. The number of aromatic nitrogens is 2. The molecule has 0 bridgehead atoms. The minimum Gasteiger partial charge on any atom is -0.428 e. The Morgan fingerprint density at radius 1 is 0.909 bits per heavy atom. The lowest BCUT2D eigenvalue weighted by molar-refractivity contribution is 0.607. The number of rotatable bonds is 9. The standard InChI is InChI=1S/C18H23IN2O/c1-2-3-4-5-6-7-8-15-13-20-18(21-14-15)16-9-11-17(22-19)12-10-16/h9-14H,2-8H2,1H3. The minimum absolute atomic E-state index is 0.770. The summed E-state index contributed by atoms with van der Waals surface area (Å²) in [5.74, 6) is 1.61. The fourth-order valence-electron chi connectivity index (χ4n) is 2.40. The average molecular weight is 410 g/mol. The van der Waals surface area contributed by atoms with Gasteiger partial charge in [0.2, 0.25) is 0 Å². The number of nitrogens with zero attached hydrogens (tertiary/aromatic N) is 2. The summed E-state index contributed by atoms with van der Waals surface area (Å²) >= 11 is 1.88. The lowest BCUT2D eigenvalue weighted by Gasteiger charge is -2.04. The topological polar surface area (TPSA) is 35.0 Å². The summed E-state index contributed by atoms with van der Waals surface area (Å²) in [5.41, 5.74) is 2.25. The lowest BCUT2D eigenvalue weighted by atomic mass is 10.1. The number of aryl methyl sites for hydroxylation is 1. The van der Waals surface area contributed by atoms with Gasteiger partial charge in [-0.3, -0.25) is 0 Å². The Kier molecular flexibility index (Phi) is 7.63.